The number of carbonyl (C=O) groups is 2. The highest BCUT2D eigenvalue weighted by Crippen LogP contribution is 2.23. The summed E-state index contributed by atoms with van der Waals surface area (Å²) in [7, 11) is 0. The Labute approximate surface area is 135 Å². The quantitative estimate of drug-likeness (QED) is 0.867. The highest BCUT2D eigenvalue weighted by atomic mass is 32.1. The van der Waals surface area contributed by atoms with E-state index in [9.17, 15) is 9.59 Å². The molecule has 1 aromatic rings. The van der Waals surface area contributed by atoms with Gasteiger partial charge in [0.2, 0.25) is 5.91 Å². The third-order valence-electron chi connectivity index (χ3n) is 3.72. The van der Waals surface area contributed by atoms with Crippen molar-refractivity contribution in [3.63, 3.8) is 0 Å². The van der Waals surface area contributed by atoms with E-state index in [-0.39, 0.29) is 23.9 Å². The molecule has 5 nitrogen and oxygen atoms in total. The fraction of sp³-hybridized carbons (Fsp3) is 0.625. The van der Waals surface area contributed by atoms with Crippen molar-refractivity contribution in [2.75, 3.05) is 6.54 Å². The molecule has 0 aromatic carbocycles. The summed E-state index contributed by atoms with van der Waals surface area (Å²) in [6.45, 7) is 6.38. The Balaban J connectivity index is 2.13. The second kappa shape index (κ2) is 7.24. The number of hydrogen-bond acceptors (Lipinski definition) is 4. The van der Waals surface area contributed by atoms with Crippen molar-refractivity contribution in [2.24, 2.45) is 5.73 Å². The summed E-state index contributed by atoms with van der Waals surface area (Å²) in [5.74, 6) is -0.198. The molecule has 1 aromatic heterocycles. The normalized spacial score (nSPS) is 21.4. The van der Waals surface area contributed by atoms with E-state index >= 15 is 0 Å². The first kappa shape index (κ1) is 17.0. The molecule has 2 rings (SSSR count). The number of amides is 2. The van der Waals surface area contributed by atoms with Crippen LogP contribution in [0.25, 0.3) is 0 Å². The van der Waals surface area contributed by atoms with Gasteiger partial charge in [-0.1, -0.05) is 13.3 Å². The first-order valence-corrected chi connectivity index (χ1v) is 8.74. The minimum Gasteiger partial charge on any atom is -0.352 e. The zero-order chi connectivity index (χ0) is 16.3. The lowest BCUT2D eigenvalue weighted by Crippen LogP contribution is -2.47. The summed E-state index contributed by atoms with van der Waals surface area (Å²) >= 11 is 1.60. The van der Waals surface area contributed by atoms with Crippen LogP contribution in [0.3, 0.4) is 0 Å². The van der Waals surface area contributed by atoms with Crippen molar-refractivity contribution >= 4 is 23.2 Å². The molecule has 1 aliphatic heterocycles. The Kier molecular flexibility index (Phi) is 5.58. The predicted octanol–water partition coefficient (Wildman–Crippen LogP) is 1.77. The predicted molar refractivity (Wildman–Crippen MR) is 89.0 cm³/mol. The summed E-state index contributed by atoms with van der Waals surface area (Å²) in [6, 6.07) is 1.40. The summed E-state index contributed by atoms with van der Waals surface area (Å²) in [5.41, 5.74) is 6.65. The van der Waals surface area contributed by atoms with E-state index in [0.29, 0.717) is 18.5 Å². The standard InChI is InChI=1S/C16H25N3O2S/c1-4-5-13-6-11(9-22-13)16(21)19-8-12(17)7-14(19)15(20)18-10(2)3/h6,9-10,12,14H,4-5,7-8,17H2,1-3H3,(H,18,20)/t12-,14+/m1/s1. The smallest absolute Gasteiger partial charge is 0.255 e. The van der Waals surface area contributed by atoms with Crippen molar-refractivity contribution in [3.05, 3.63) is 21.9 Å². The molecule has 6 heteroatoms. The van der Waals surface area contributed by atoms with Gasteiger partial charge in [-0.15, -0.1) is 11.3 Å². The third-order valence-corrected chi connectivity index (χ3v) is 4.72. The minimum absolute atomic E-state index is 0.0542. The van der Waals surface area contributed by atoms with Crippen LogP contribution in [0.4, 0.5) is 0 Å². The van der Waals surface area contributed by atoms with E-state index in [1.54, 1.807) is 16.2 Å². The second-order valence-electron chi connectivity index (χ2n) is 6.18. The van der Waals surface area contributed by atoms with E-state index in [1.807, 2.05) is 25.3 Å². The van der Waals surface area contributed by atoms with Gasteiger partial charge in [0, 0.05) is 28.9 Å². The van der Waals surface area contributed by atoms with Gasteiger partial charge in [0.1, 0.15) is 6.04 Å². The van der Waals surface area contributed by atoms with Crippen molar-refractivity contribution in [2.45, 2.75) is 58.2 Å². The second-order valence-corrected chi connectivity index (χ2v) is 7.18. The van der Waals surface area contributed by atoms with E-state index in [4.69, 9.17) is 5.73 Å². The Morgan fingerprint density at radius 2 is 2.23 bits per heavy atom. The average Bonchev–Trinajstić information content (AvgIpc) is 3.04. The van der Waals surface area contributed by atoms with Gasteiger partial charge in [-0.3, -0.25) is 9.59 Å². The fourth-order valence-corrected chi connectivity index (χ4v) is 3.72. The van der Waals surface area contributed by atoms with Crippen LogP contribution >= 0.6 is 11.3 Å². The van der Waals surface area contributed by atoms with Gasteiger partial charge >= 0.3 is 0 Å². The first-order chi connectivity index (χ1) is 10.4. The monoisotopic (exact) mass is 323 g/mol. The SMILES string of the molecule is CCCc1cc(C(=O)N2C[C@H](N)C[C@H]2C(=O)NC(C)C)cs1. The number of nitrogens with zero attached hydrogens (tertiary/aromatic N) is 1. The molecule has 22 heavy (non-hydrogen) atoms. The molecule has 0 unspecified atom stereocenters. The molecule has 2 heterocycles. The molecule has 0 spiro atoms. The zero-order valence-electron chi connectivity index (χ0n) is 13.5. The lowest BCUT2D eigenvalue weighted by atomic mass is 10.1. The van der Waals surface area contributed by atoms with Gasteiger partial charge in [0.05, 0.1) is 5.56 Å². The van der Waals surface area contributed by atoms with Crippen molar-refractivity contribution < 1.29 is 9.59 Å². The van der Waals surface area contributed by atoms with Gasteiger partial charge in [-0.25, -0.2) is 0 Å². The maximum atomic E-state index is 12.7. The Bertz CT molecular complexity index is 541. The van der Waals surface area contributed by atoms with Crippen LogP contribution in [0.2, 0.25) is 0 Å². The number of nitrogens with one attached hydrogen (secondary N) is 1. The molecule has 0 aliphatic carbocycles. The van der Waals surface area contributed by atoms with Gasteiger partial charge in [-0.2, -0.15) is 0 Å². The molecule has 1 saturated heterocycles. The first-order valence-electron chi connectivity index (χ1n) is 7.86. The molecule has 1 fully saturated rings. The number of nitrogens with two attached hydrogens (primary N) is 1. The average molecular weight is 323 g/mol. The number of rotatable bonds is 5. The van der Waals surface area contributed by atoms with Crippen LogP contribution in [-0.2, 0) is 11.2 Å². The van der Waals surface area contributed by atoms with Crippen LogP contribution in [0, 0.1) is 0 Å². The molecule has 122 valence electrons. The molecule has 2 atom stereocenters. The van der Waals surface area contributed by atoms with E-state index < -0.39 is 6.04 Å². The molecular formula is C16H25N3O2S. The Morgan fingerprint density at radius 3 is 2.86 bits per heavy atom. The third kappa shape index (κ3) is 3.87. The van der Waals surface area contributed by atoms with Crippen LogP contribution in [0.1, 0.15) is 48.8 Å². The largest absolute Gasteiger partial charge is 0.352 e. The Morgan fingerprint density at radius 1 is 1.50 bits per heavy atom. The molecule has 1 aliphatic rings. The van der Waals surface area contributed by atoms with E-state index in [1.165, 1.54) is 4.88 Å². The van der Waals surface area contributed by atoms with Crippen LogP contribution < -0.4 is 11.1 Å². The maximum absolute atomic E-state index is 12.7. The number of thiophene rings is 1. The molecule has 0 saturated carbocycles. The van der Waals surface area contributed by atoms with E-state index in [2.05, 4.69) is 12.2 Å². The minimum atomic E-state index is -0.459. The maximum Gasteiger partial charge on any atom is 0.255 e. The molecule has 0 radical (unpaired) electrons. The van der Waals surface area contributed by atoms with Gasteiger partial charge in [-0.05, 0) is 32.8 Å². The highest BCUT2D eigenvalue weighted by Gasteiger charge is 2.38. The van der Waals surface area contributed by atoms with Gasteiger partial charge < -0.3 is 16.0 Å². The van der Waals surface area contributed by atoms with Gasteiger partial charge in [0.15, 0.2) is 0 Å². The summed E-state index contributed by atoms with van der Waals surface area (Å²) in [6.07, 6.45) is 2.56. The summed E-state index contributed by atoms with van der Waals surface area (Å²) in [4.78, 5) is 27.8. The summed E-state index contributed by atoms with van der Waals surface area (Å²) in [5, 5.41) is 4.76. The van der Waals surface area contributed by atoms with Crippen LogP contribution in [-0.4, -0.2) is 41.4 Å². The van der Waals surface area contributed by atoms with Crippen LogP contribution in [0.5, 0.6) is 0 Å². The number of likely N-dealkylation sites (tertiary alicyclic amines) is 1. The lowest BCUT2D eigenvalue weighted by Gasteiger charge is -2.24. The number of carbonyl (C=O) groups excluding carboxylic acids is 2. The highest BCUT2D eigenvalue weighted by molar-refractivity contribution is 7.10. The summed E-state index contributed by atoms with van der Waals surface area (Å²) < 4.78 is 0. The molecular weight excluding hydrogens is 298 g/mol. The van der Waals surface area contributed by atoms with Crippen molar-refractivity contribution in [1.29, 1.82) is 0 Å². The lowest BCUT2D eigenvalue weighted by molar-refractivity contribution is -0.125. The van der Waals surface area contributed by atoms with Crippen molar-refractivity contribution in [1.82, 2.24) is 10.2 Å². The number of hydrogen-bond donors (Lipinski definition) is 2. The topological polar surface area (TPSA) is 75.4 Å². The molecule has 0 bridgehead atoms. The number of aryl methyl sites for hydroxylation is 1. The van der Waals surface area contributed by atoms with Crippen LogP contribution in [0.15, 0.2) is 11.4 Å². The zero-order valence-corrected chi connectivity index (χ0v) is 14.3. The van der Waals surface area contributed by atoms with Crippen molar-refractivity contribution in [3.8, 4) is 0 Å². The van der Waals surface area contributed by atoms with E-state index in [0.717, 1.165) is 12.8 Å². The molecule has 3 N–H and O–H groups in total. The molecule has 2 amide bonds. The Hall–Kier alpha value is -1.40. The van der Waals surface area contributed by atoms with Gasteiger partial charge in [0.25, 0.3) is 5.91 Å². The fourth-order valence-electron chi connectivity index (χ4n) is 2.76.